The van der Waals surface area contributed by atoms with Crippen LogP contribution in [0.4, 0.5) is 10.5 Å². The molecule has 4 rings (SSSR count). The molecule has 138 valence electrons. The van der Waals surface area contributed by atoms with E-state index in [1.165, 1.54) is 0 Å². The van der Waals surface area contributed by atoms with Gasteiger partial charge in [0.05, 0.1) is 35.0 Å². The van der Waals surface area contributed by atoms with Crippen molar-refractivity contribution in [2.45, 2.75) is 13.0 Å². The molecule has 0 fully saturated rings. The molecule has 28 heavy (non-hydrogen) atoms. The van der Waals surface area contributed by atoms with Crippen LogP contribution in [-0.4, -0.2) is 22.1 Å². The highest BCUT2D eigenvalue weighted by Gasteiger charge is 2.31. The van der Waals surface area contributed by atoms with E-state index in [0.29, 0.717) is 28.1 Å². The predicted octanol–water partition coefficient (Wildman–Crippen LogP) is 2.70. The second-order valence-corrected chi connectivity index (χ2v) is 6.43. The summed E-state index contributed by atoms with van der Waals surface area (Å²) in [6, 6.07) is 13.2. The molecule has 1 aliphatic rings. The van der Waals surface area contributed by atoms with Gasteiger partial charge in [-0.1, -0.05) is 12.1 Å². The lowest BCUT2D eigenvalue weighted by Crippen LogP contribution is -2.46. The van der Waals surface area contributed by atoms with E-state index < -0.39 is 12.1 Å². The second kappa shape index (κ2) is 6.89. The predicted molar refractivity (Wildman–Crippen MR) is 103 cm³/mol. The number of benzene rings is 2. The largest absolute Gasteiger partial charge is 0.327 e. The van der Waals surface area contributed by atoms with E-state index in [9.17, 15) is 9.59 Å². The number of aromatic nitrogens is 2. The van der Waals surface area contributed by atoms with Crippen LogP contribution < -0.4 is 16.0 Å². The zero-order chi connectivity index (χ0) is 19.7. The van der Waals surface area contributed by atoms with E-state index in [4.69, 9.17) is 5.26 Å². The van der Waals surface area contributed by atoms with Gasteiger partial charge in [-0.15, -0.1) is 0 Å². The van der Waals surface area contributed by atoms with Crippen LogP contribution in [-0.2, 0) is 4.79 Å². The molecule has 3 aromatic rings. The van der Waals surface area contributed by atoms with Gasteiger partial charge in [0.2, 0.25) is 0 Å². The molecule has 1 unspecified atom stereocenters. The maximum absolute atomic E-state index is 13.0. The van der Waals surface area contributed by atoms with Crippen molar-refractivity contribution in [3.8, 4) is 6.07 Å². The third-order valence-corrected chi connectivity index (χ3v) is 4.56. The maximum Gasteiger partial charge on any atom is 0.319 e. The number of nitrogens with one attached hydrogen (secondary N) is 4. The Balaban J connectivity index is 1.68. The van der Waals surface area contributed by atoms with Gasteiger partial charge in [0.15, 0.2) is 0 Å². The fourth-order valence-electron chi connectivity index (χ4n) is 3.25. The van der Waals surface area contributed by atoms with Gasteiger partial charge >= 0.3 is 6.03 Å². The molecule has 8 nitrogen and oxygen atoms in total. The average Bonchev–Trinajstić information content (AvgIpc) is 3.15. The SMILES string of the molecule is CC1=C(C(=O)Nc2ccc3[nH]ncc3c2)C(c2cccc(C#N)c2)NC(=O)N1. The molecular weight excluding hydrogens is 356 g/mol. The number of hydrogen-bond donors (Lipinski definition) is 4. The molecular formula is C20H16N6O2. The molecule has 2 heterocycles. The van der Waals surface area contributed by atoms with Gasteiger partial charge in [-0.2, -0.15) is 10.4 Å². The van der Waals surface area contributed by atoms with Crippen molar-refractivity contribution in [3.05, 3.63) is 71.1 Å². The highest BCUT2D eigenvalue weighted by molar-refractivity contribution is 6.07. The summed E-state index contributed by atoms with van der Waals surface area (Å²) >= 11 is 0. The number of anilines is 1. The normalized spacial score (nSPS) is 16.3. The summed E-state index contributed by atoms with van der Waals surface area (Å²) in [6.45, 7) is 1.67. The Labute approximate surface area is 160 Å². The van der Waals surface area contributed by atoms with E-state index in [0.717, 1.165) is 10.9 Å². The van der Waals surface area contributed by atoms with Crippen molar-refractivity contribution in [3.63, 3.8) is 0 Å². The van der Waals surface area contributed by atoms with Gasteiger partial charge < -0.3 is 16.0 Å². The third kappa shape index (κ3) is 3.17. The van der Waals surface area contributed by atoms with E-state index in [1.807, 2.05) is 12.1 Å². The fourth-order valence-corrected chi connectivity index (χ4v) is 3.25. The first-order valence-electron chi connectivity index (χ1n) is 8.58. The summed E-state index contributed by atoms with van der Waals surface area (Å²) in [6.07, 6.45) is 1.67. The van der Waals surface area contributed by atoms with Crippen molar-refractivity contribution in [2.24, 2.45) is 0 Å². The van der Waals surface area contributed by atoms with Gasteiger partial charge in [-0.05, 0) is 42.8 Å². The van der Waals surface area contributed by atoms with Gasteiger partial charge in [-0.3, -0.25) is 9.89 Å². The van der Waals surface area contributed by atoms with Crippen LogP contribution in [0, 0.1) is 11.3 Å². The molecule has 4 N–H and O–H groups in total. The third-order valence-electron chi connectivity index (χ3n) is 4.56. The Kier molecular flexibility index (Phi) is 4.26. The molecule has 2 aromatic carbocycles. The van der Waals surface area contributed by atoms with Gasteiger partial charge in [-0.25, -0.2) is 4.79 Å². The number of fused-ring (bicyclic) bond motifs is 1. The number of H-pyrrole nitrogens is 1. The van der Waals surface area contributed by atoms with Crippen LogP contribution in [0.3, 0.4) is 0 Å². The Bertz CT molecular complexity index is 1170. The van der Waals surface area contributed by atoms with Crippen LogP contribution in [0.25, 0.3) is 10.9 Å². The van der Waals surface area contributed by atoms with Crippen molar-refractivity contribution >= 4 is 28.5 Å². The summed E-state index contributed by atoms with van der Waals surface area (Å²) in [5, 5.41) is 25.1. The van der Waals surface area contributed by atoms with Crippen LogP contribution in [0.2, 0.25) is 0 Å². The first-order chi connectivity index (χ1) is 13.5. The summed E-state index contributed by atoms with van der Waals surface area (Å²) in [5.41, 5.74) is 3.42. The number of amides is 3. The number of carbonyl (C=O) groups excluding carboxylic acids is 2. The molecule has 0 bridgehead atoms. The Hall–Kier alpha value is -4.12. The van der Waals surface area contributed by atoms with Crippen LogP contribution in [0.5, 0.6) is 0 Å². The van der Waals surface area contributed by atoms with Crippen LogP contribution in [0.1, 0.15) is 24.1 Å². The number of hydrogen-bond acceptors (Lipinski definition) is 4. The second-order valence-electron chi connectivity index (χ2n) is 6.43. The minimum absolute atomic E-state index is 0.347. The molecule has 1 aliphatic heterocycles. The minimum atomic E-state index is -0.667. The lowest BCUT2D eigenvalue weighted by atomic mass is 9.94. The Morgan fingerprint density at radius 1 is 1.25 bits per heavy atom. The van der Waals surface area contributed by atoms with E-state index in [1.54, 1.807) is 43.5 Å². The molecule has 1 atom stereocenters. The Morgan fingerprint density at radius 2 is 2.11 bits per heavy atom. The number of rotatable bonds is 3. The number of nitrogens with zero attached hydrogens (tertiary/aromatic N) is 2. The smallest absolute Gasteiger partial charge is 0.319 e. The topological polar surface area (TPSA) is 123 Å². The van der Waals surface area contributed by atoms with Crippen molar-refractivity contribution in [1.82, 2.24) is 20.8 Å². The standard InChI is InChI=1S/C20H16N6O2/c1-11-17(19(27)24-15-5-6-16-14(8-15)10-22-26-16)18(25-20(28)23-11)13-4-2-3-12(7-13)9-21/h2-8,10,18H,1H3,(H,22,26)(H,24,27)(H2,23,25,28). The number of urea groups is 1. The quantitative estimate of drug-likeness (QED) is 0.564. The highest BCUT2D eigenvalue weighted by Crippen LogP contribution is 2.28. The fraction of sp³-hybridized carbons (Fsp3) is 0.100. The number of carbonyl (C=O) groups is 2. The van der Waals surface area contributed by atoms with Gasteiger partial charge in [0, 0.05) is 16.8 Å². The summed E-state index contributed by atoms with van der Waals surface area (Å²) in [4.78, 5) is 25.0. The molecule has 3 amide bonds. The van der Waals surface area contributed by atoms with Gasteiger partial charge in [0.1, 0.15) is 0 Å². The molecule has 0 spiro atoms. The summed E-state index contributed by atoms with van der Waals surface area (Å²) in [7, 11) is 0. The average molecular weight is 372 g/mol. The number of nitriles is 1. The van der Waals surface area contributed by atoms with Gasteiger partial charge in [0.25, 0.3) is 5.91 Å². The number of aromatic amines is 1. The lowest BCUT2D eigenvalue weighted by Gasteiger charge is -2.28. The first kappa shape index (κ1) is 17.3. The molecule has 0 radical (unpaired) electrons. The minimum Gasteiger partial charge on any atom is -0.327 e. The first-order valence-corrected chi connectivity index (χ1v) is 8.58. The molecule has 0 saturated carbocycles. The van der Waals surface area contributed by atoms with Crippen LogP contribution >= 0.6 is 0 Å². The maximum atomic E-state index is 13.0. The molecule has 0 aliphatic carbocycles. The molecule has 0 saturated heterocycles. The van der Waals surface area contributed by atoms with Crippen molar-refractivity contribution in [1.29, 1.82) is 5.26 Å². The van der Waals surface area contributed by atoms with E-state index in [2.05, 4.69) is 32.2 Å². The van der Waals surface area contributed by atoms with E-state index >= 15 is 0 Å². The lowest BCUT2D eigenvalue weighted by molar-refractivity contribution is -0.113. The molecule has 8 heteroatoms. The summed E-state index contributed by atoms with van der Waals surface area (Å²) in [5.74, 6) is -0.347. The molecule has 1 aromatic heterocycles. The summed E-state index contributed by atoms with van der Waals surface area (Å²) < 4.78 is 0. The highest BCUT2D eigenvalue weighted by atomic mass is 16.2. The Morgan fingerprint density at radius 3 is 2.93 bits per heavy atom. The van der Waals surface area contributed by atoms with Crippen molar-refractivity contribution in [2.75, 3.05) is 5.32 Å². The van der Waals surface area contributed by atoms with E-state index in [-0.39, 0.29) is 5.91 Å². The zero-order valence-corrected chi connectivity index (χ0v) is 14.9. The zero-order valence-electron chi connectivity index (χ0n) is 14.9. The number of allylic oxidation sites excluding steroid dienone is 1. The van der Waals surface area contributed by atoms with Crippen molar-refractivity contribution < 1.29 is 9.59 Å². The van der Waals surface area contributed by atoms with Crippen LogP contribution in [0.15, 0.2) is 59.9 Å². The monoisotopic (exact) mass is 372 g/mol.